The van der Waals surface area contributed by atoms with E-state index in [1.807, 2.05) is 24.3 Å². The second-order valence-corrected chi connectivity index (χ2v) is 6.73. The summed E-state index contributed by atoms with van der Waals surface area (Å²) in [6, 6.07) is 22.2. The van der Waals surface area contributed by atoms with E-state index in [1.165, 1.54) is 22.3 Å². The fraction of sp³-hybridized carbons (Fsp3) is 0.125. The van der Waals surface area contributed by atoms with E-state index in [2.05, 4.69) is 42.5 Å². The van der Waals surface area contributed by atoms with Crippen LogP contribution in [0.4, 0.5) is 0 Å². The molecule has 1 amide bonds. The van der Waals surface area contributed by atoms with Crippen molar-refractivity contribution in [2.75, 3.05) is 7.11 Å². The first-order chi connectivity index (χ1) is 13.2. The van der Waals surface area contributed by atoms with Crippen LogP contribution in [0.5, 0.6) is 5.75 Å². The first kappa shape index (κ1) is 17.1. The number of benzene rings is 3. The molecule has 0 aliphatic heterocycles. The van der Waals surface area contributed by atoms with Crippen molar-refractivity contribution in [3.05, 3.63) is 100 Å². The summed E-state index contributed by atoms with van der Waals surface area (Å²) in [5.74, 6) is 0.455. The van der Waals surface area contributed by atoms with Crippen molar-refractivity contribution in [1.82, 2.24) is 0 Å². The van der Waals surface area contributed by atoms with Crippen molar-refractivity contribution in [2.45, 2.75) is 12.8 Å². The van der Waals surface area contributed by atoms with Gasteiger partial charge in [0, 0.05) is 5.56 Å². The lowest BCUT2D eigenvalue weighted by Gasteiger charge is -2.13. The Morgan fingerprint density at radius 2 is 1.70 bits per heavy atom. The third-order valence-electron chi connectivity index (χ3n) is 5.06. The highest BCUT2D eigenvalue weighted by molar-refractivity contribution is 5.96. The summed E-state index contributed by atoms with van der Waals surface area (Å²) in [4.78, 5) is 11.6. The van der Waals surface area contributed by atoms with Crippen molar-refractivity contribution in [1.29, 1.82) is 0 Å². The van der Waals surface area contributed by atoms with Crippen LogP contribution in [0.1, 0.15) is 38.2 Å². The van der Waals surface area contributed by atoms with Crippen molar-refractivity contribution >= 4 is 17.6 Å². The molecule has 0 spiro atoms. The number of aryl methyl sites for hydroxylation is 2. The monoisotopic (exact) mass is 355 g/mol. The maximum atomic E-state index is 11.6. The number of carbonyl (C=O) groups is 1. The molecule has 3 nitrogen and oxygen atoms in total. The zero-order chi connectivity index (χ0) is 18.8. The molecule has 3 aromatic rings. The van der Waals surface area contributed by atoms with Gasteiger partial charge in [0.05, 0.1) is 7.11 Å². The molecule has 27 heavy (non-hydrogen) atoms. The third kappa shape index (κ3) is 3.36. The van der Waals surface area contributed by atoms with Gasteiger partial charge in [-0.25, -0.2) is 0 Å². The molecule has 2 N–H and O–H groups in total. The van der Waals surface area contributed by atoms with Crippen LogP contribution in [0, 0.1) is 0 Å². The van der Waals surface area contributed by atoms with Crippen LogP contribution in [-0.2, 0) is 12.8 Å². The Labute approximate surface area is 159 Å². The van der Waals surface area contributed by atoms with E-state index in [0.717, 1.165) is 29.7 Å². The predicted molar refractivity (Wildman–Crippen MR) is 109 cm³/mol. The lowest BCUT2D eigenvalue weighted by atomic mass is 9.92. The summed E-state index contributed by atoms with van der Waals surface area (Å²) in [5.41, 5.74) is 13.1. The van der Waals surface area contributed by atoms with Gasteiger partial charge in [-0.15, -0.1) is 0 Å². The molecule has 0 heterocycles. The van der Waals surface area contributed by atoms with Gasteiger partial charge in [-0.3, -0.25) is 4.79 Å². The number of carbonyl (C=O) groups excluding carboxylic acids is 1. The molecule has 1 aliphatic rings. The van der Waals surface area contributed by atoms with Gasteiger partial charge >= 0.3 is 0 Å². The van der Waals surface area contributed by atoms with E-state index in [1.54, 1.807) is 13.2 Å². The number of methoxy groups -OCH3 is 1. The molecule has 0 bridgehead atoms. The van der Waals surface area contributed by atoms with E-state index in [0.29, 0.717) is 5.56 Å². The molecule has 3 aromatic carbocycles. The fourth-order valence-electron chi connectivity index (χ4n) is 3.69. The van der Waals surface area contributed by atoms with E-state index in [-0.39, 0.29) is 0 Å². The topological polar surface area (TPSA) is 52.3 Å². The van der Waals surface area contributed by atoms with Gasteiger partial charge in [0.25, 0.3) is 0 Å². The zero-order valence-corrected chi connectivity index (χ0v) is 15.2. The Morgan fingerprint density at radius 3 is 2.52 bits per heavy atom. The van der Waals surface area contributed by atoms with Crippen LogP contribution in [0.15, 0.2) is 66.7 Å². The molecule has 0 atom stereocenters. The molecule has 134 valence electrons. The van der Waals surface area contributed by atoms with Crippen molar-refractivity contribution in [3.63, 3.8) is 0 Å². The van der Waals surface area contributed by atoms with Gasteiger partial charge < -0.3 is 10.5 Å². The van der Waals surface area contributed by atoms with E-state index < -0.39 is 5.91 Å². The van der Waals surface area contributed by atoms with Gasteiger partial charge in [-0.05, 0) is 76.6 Å². The molecular formula is C24H21NO2. The summed E-state index contributed by atoms with van der Waals surface area (Å²) in [6.07, 6.45) is 4.08. The summed E-state index contributed by atoms with van der Waals surface area (Å²) in [5, 5.41) is 0. The molecule has 3 heteroatoms. The second kappa shape index (κ2) is 7.12. The summed E-state index contributed by atoms with van der Waals surface area (Å²) in [6.45, 7) is 0. The molecule has 0 radical (unpaired) electrons. The smallest absolute Gasteiger partial charge is 0.248 e. The van der Waals surface area contributed by atoms with Gasteiger partial charge in [-0.1, -0.05) is 42.5 Å². The van der Waals surface area contributed by atoms with E-state index in [9.17, 15) is 4.79 Å². The minimum absolute atomic E-state index is 0.415. The second-order valence-electron chi connectivity index (χ2n) is 6.73. The molecule has 4 rings (SSSR count). The van der Waals surface area contributed by atoms with Gasteiger partial charge in [-0.2, -0.15) is 0 Å². The average molecular weight is 355 g/mol. The summed E-state index contributed by atoms with van der Waals surface area (Å²) in [7, 11) is 1.69. The number of nitrogens with two attached hydrogens (primary N) is 1. The van der Waals surface area contributed by atoms with Crippen molar-refractivity contribution in [2.24, 2.45) is 5.73 Å². The number of amides is 1. The van der Waals surface area contributed by atoms with Crippen molar-refractivity contribution < 1.29 is 9.53 Å². The van der Waals surface area contributed by atoms with Crippen LogP contribution in [0.3, 0.4) is 0 Å². The zero-order valence-electron chi connectivity index (χ0n) is 15.2. The largest absolute Gasteiger partial charge is 0.497 e. The Morgan fingerprint density at radius 1 is 0.926 bits per heavy atom. The molecular weight excluding hydrogens is 334 g/mol. The third-order valence-corrected chi connectivity index (χ3v) is 5.06. The number of ether oxygens (including phenoxy) is 1. The summed E-state index contributed by atoms with van der Waals surface area (Å²) >= 11 is 0. The number of primary amides is 1. The Balaban J connectivity index is 1.93. The average Bonchev–Trinajstić information content (AvgIpc) is 2.85. The lowest BCUT2D eigenvalue weighted by Crippen LogP contribution is -2.10. The molecule has 0 aromatic heterocycles. The lowest BCUT2D eigenvalue weighted by molar-refractivity contribution is 0.100. The molecule has 0 unspecified atom stereocenters. The van der Waals surface area contributed by atoms with Crippen molar-refractivity contribution in [3.8, 4) is 5.75 Å². The number of hydrogen-bond acceptors (Lipinski definition) is 2. The highest BCUT2D eigenvalue weighted by Gasteiger charge is 2.18. The fourth-order valence-corrected chi connectivity index (χ4v) is 3.69. The maximum Gasteiger partial charge on any atom is 0.248 e. The van der Waals surface area contributed by atoms with Crippen LogP contribution in [0.2, 0.25) is 0 Å². The van der Waals surface area contributed by atoms with E-state index in [4.69, 9.17) is 10.5 Å². The highest BCUT2D eigenvalue weighted by Crippen LogP contribution is 2.36. The Bertz CT molecular complexity index is 1050. The minimum Gasteiger partial charge on any atom is -0.497 e. The standard InChI is InChI=1S/C24H21NO2/c1-27-20-11-12-22-18(15-20)10-9-17-6-2-3-8-21(17)23(22)14-16-5-4-7-19(13-16)24(25)26/h2-8,11-15H,9-10H2,1H3,(H2,25,26). The van der Waals surface area contributed by atoms with Crippen LogP contribution in [0.25, 0.3) is 11.6 Å². The summed E-state index contributed by atoms with van der Waals surface area (Å²) < 4.78 is 5.42. The van der Waals surface area contributed by atoms with Gasteiger partial charge in [0.2, 0.25) is 5.91 Å². The number of fused-ring (bicyclic) bond motifs is 2. The number of hydrogen-bond donors (Lipinski definition) is 1. The molecule has 0 saturated heterocycles. The predicted octanol–water partition coefficient (Wildman–Crippen LogP) is 4.48. The molecule has 0 fully saturated rings. The van der Waals surface area contributed by atoms with E-state index >= 15 is 0 Å². The minimum atomic E-state index is -0.415. The maximum absolute atomic E-state index is 11.6. The van der Waals surface area contributed by atoms with Crippen LogP contribution in [-0.4, -0.2) is 13.0 Å². The first-order valence-corrected chi connectivity index (χ1v) is 9.03. The number of rotatable bonds is 3. The highest BCUT2D eigenvalue weighted by atomic mass is 16.5. The van der Waals surface area contributed by atoms with Crippen LogP contribution >= 0.6 is 0 Å². The Hall–Kier alpha value is -3.33. The van der Waals surface area contributed by atoms with Crippen LogP contribution < -0.4 is 10.5 Å². The molecule has 0 saturated carbocycles. The van der Waals surface area contributed by atoms with Gasteiger partial charge in [0.1, 0.15) is 5.75 Å². The normalized spacial score (nSPS) is 14.2. The van der Waals surface area contributed by atoms with Gasteiger partial charge in [0.15, 0.2) is 0 Å². The quantitative estimate of drug-likeness (QED) is 0.753. The first-order valence-electron chi connectivity index (χ1n) is 9.03. The Kier molecular flexibility index (Phi) is 4.51. The SMILES string of the molecule is COc1ccc2c(c1)CCc1ccccc1C2=Cc1cccc(C(N)=O)c1. The molecule has 1 aliphatic carbocycles.